The molecule has 7 rings (SSSR count). The van der Waals surface area contributed by atoms with Gasteiger partial charge in [0.1, 0.15) is 29.7 Å². The molecule has 10 nitrogen and oxygen atoms in total. The van der Waals surface area contributed by atoms with Gasteiger partial charge in [0.2, 0.25) is 0 Å². The molecule has 44 heavy (non-hydrogen) atoms. The van der Waals surface area contributed by atoms with Crippen LogP contribution in [0.3, 0.4) is 0 Å². The molecular weight excluding hydrogens is 568 g/mol. The Balaban J connectivity index is 1.09. The van der Waals surface area contributed by atoms with Crippen LogP contribution < -0.4 is 0 Å². The van der Waals surface area contributed by atoms with Crippen molar-refractivity contribution in [1.82, 2.24) is 0 Å². The van der Waals surface area contributed by atoms with Crippen LogP contribution in [0.15, 0.2) is 36.0 Å². The third kappa shape index (κ3) is 4.87. The fraction of sp³-hybridized carbons (Fsp3) is 0.765. The van der Waals surface area contributed by atoms with E-state index >= 15 is 0 Å². The molecule has 14 atom stereocenters. The first-order valence-corrected chi connectivity index (χ1v) is 16.1. The van der Waals surface area contributed by atoms with Crippen molar-refractivity contribution in [3.8, 4) is 0 Å². The molecule has 242 valence electrons. The van der Waals surface area contributed by atoms with Crippen molar-refractivity contribution in [2.24, 2.45) is 0 Å². The number of ether oxygens (including phenoxy) is 7. The molecule has 0 bridgehead atoms. The zero-order valence-corrected chi connectivity index (χ0v) is 26.4. The van der Waals surface area contributed by atoms with Gasteiger partial charge in [-0.15, -0.1) is 0 Å². The number of esters is 1. The van der Waals surface area contributed by atoms with Gasteiger partial charge in [0, 0.05) is 44.6 Å². The summed E-state index contributed by atoms with van der Waals surface area (Å²) in [5, 5.41) is 11.2. The highest BCUT2D eigenvalue weighted by molar-refractivity contribution is 5.84. The van der Waals surface area contributed by atoms with E-state index in [1.165, 1.54) is 6.08 Å². The number of aldehydes is 1. The smallest absolute Gasteiger partial charge is 0.331 e. The summed E-state index contributed by atoms with van der Waals surface area (Å²) in [5.41, 5.74) is -1.58. The topological polar surface area (TPSA) is 119 Å². The lowest BCUT2D eigenvalue weighted by atomic mass is 9.71. The summed E-state index contributed by atoms with van der Waals surface area (Å²) in [6, 6.07) is 0. The number of hydrogen-bond acceptors (Lipinski definition) is 10. The second-order valence-corrected chi connectivity index (χ2v) is 14.9. The summed E-state index contributed by atoms with van der Waals surface area (Å²) in [5.74, 6) is -0.336. The van der Waals surface area contributed by atoms with E-state index in [2.05, 4.69) is 32.6 Å². The molecular formula is C34H46O10. The van der Waals surface area contributed by atoms with Gasteiger partial charge in [-0.3, -0.25) is 4.79 Å². The van der Waals surface area contributed by atoms with Crippen molar-refractivity contribution in [1.29, 1.82) is 0 Å². The highest BCUT2D eigenvalue weighted by Gasteiger charge is 2.63. The van der Waals surface area contributed by atoms with Crippen LogP contribution in [0, 0.1) is 0 Å². The molecule has 0 aliphatic carbocycles. The lowest BCUT2D eigenvalue weighted by Crippen LogP contribution is -2.71. The Bertz CT molecular complexity index is 1280. The average molecular weight is 615 g/mol. The molecule has 0 spiro atoms. The summed E-state index contributed by atoms with van der Waals surface area (Å²) < 4.78 is 46.1. The van der Waals surface area contributed by atoms with E-state index in [0.29, 0.717) is 50.5 Å². The molecule has 0 aromatic carbocycles. The predicted octanol–water partition coefficient (Wildman–Crippen LogP) is 3.43. The minimum atomic E-state index is -0.895. The van der Waals surface area contributed by atoms with E-state index < -0.39 is 34.6 Å². The van der Waals surface area contributed by atoms with Crippen LogP contribution in [-0.4, -0.2) is 101 Å². The van der Waals surface area contributed by atoms with Crippen molar-refractivity contribution in [3.05, 3.63) is 36.0 Å². The Hall–Kier alpha value is -1.92. The molecule has 10 heteroatoms. The standard InChI is InChI=1S/C34H46O10/c1-18(17-35)10-20-12-25(36)34(6)27(38-20)14-23-24(42-34)13-22-21(39-23)8-7-9-31(3)29(40-22)16-32(4)26(43-31)15-28-33(5,44-32)19(2)11-30(37)41-28/h7-8,11,17,20-29,36H,1,9-10,12-16H2,2-6H3/b8-7-/t20-,21-,22+,23+,24-,25+,26-,27-,28+,29-,31+,32+,33-,34+/m1/s1. The normalized spacial score (nSPS) is 53.8. The monoisotopic (exact) mass is 614 g/mol. The summed E-state index contributed by atoms with van der Waals surface area (Å²) in [6.45, 7) is 13.8. The molecule has 0 radical (unpaired) electrons. The molecule has 5 fully saturated rings. The van der Waals surface area contributed by atoms with Crippen molar-refractivity contribution < 1.29 is 47.9 Å². The summed E-state index contributed by atoms with van der Waals surface area (Å²) in [6.07, 6.45) is 6.79. The van der Waals surface area contributed by atoms with Gasteiger partial charge >= 0.3 is 5.97 Å². The maximum atomic E-state index is 12.2. The van der Waals surface area contributed by atoms with Gasteiger partial charge in [-0.1, -0.05) is 18.7 Å². The van der Waals surface area contributed by atoms with Gasteiger partial charge in [-0.25, -0.2) is 4.79 Å². The first kappa shape index (κ1) is 30.7. The van der Waals surface area contributed by atoms with Gasteiger partial charge in [0.15, 0.2) is 0 Å². The molecule has 0 amide bonds. The van der Waals surface area contributed by atoms with Crippen LogP contribution in [-0.2, 0) is 42.7 Å². The van der Waals surface area contributed by atoms with Crippen LogP contribution in [0.2, 0.25) is 0 Å². The Morgan fingerprint density at radius 2 is 1.75 bits per heavy atom. The van der Waals surface area contributed by atoms with Gasteiger partial charge in [-0.05, 0) is 52.2 Å². The molecule has 7 aliphatic heterocycles. The zero-order valence-electron chi connectivity index (χ0n) is 26.4. The van der Waals surface area contributed by atoms with Gasteiger partial charge < -0.3 is 38.3 Å². The molecule has 1 N–H and O–H groups in total. The maximum Gasteiger partial charge on any atom is 0.331 e. The van der Waals surface area contributed by atoms with Gasteiger partial charge in [0.25, 0.3) is 0 Å². The minimum absolute atomic E-state index is 0.222. The van der Waals surface area contributed by atoms with Crippen LogP contribution >= 0.6 is 0 Å². The molecule has 7 aliphatic rings. The number of rotatable bonds is 3. The number of carbonyl (C=O) groups is 2. The highest BCUT2D eigenvalue weighted by atomic mass is 16.6. The molecule has 5 saturated heterocycles. The van der Waals surface area contributed by atoms with Crippen LogP contribution in [0.4, 0.5) is 0 Å². The van der Waals surface area contributed by atoms with Crippen molar-refractivity contribution in [2.45, 2.75) is 163 Å². The number of fused-ring (bicyclic) bond motifs is 6. The van der Waals surface area contributed by atoms with Crippen LogP contribution in [0.1, 0.15) is 79.6 Å². The third-order valence-corrected chi connectivity index (χ3v) is 11.6. The predicted molar refractivity (Wildman–Crippen MR) is 157 cm³/mol. The van der Waals surface area contributed by atoms with E-state index in [-0.39, 0.29) is 54.8 Å². The van der Waals surface area contributed by atoms with Crippen molar-refractivity contribution in [2.75, 3.05) is 0 Å². The second kappa shape index (κ2) is 10.6. The van der Waals surface area contributed by atoms with E-state index in [4.69, 9.17) is 33.2 Å². The SMILES string of the molecule is C=C(C=O)C[C@@H]1C[C@H](O)[C@]2(C)O[C@@H]3C[C@@H]4O[C@@H]5C[C@]6(C)O[C@]7(C)C(C)=CC(=O)O[C@H]7C[C@H]6O[C@@]5(C)C/C=C\[C@H]4O[C@H]3C[C@H]2O1. The first-order chi connectivity index (χ1) is 20.7. The fourth-order valence-corrected chi connectivity index (χ4v) is 8.72. The molecule has 7 heterocycles. The quantitative estimate of drug-likeness (QED) is 0.219. The Labute approximate surface area is 259 Å². The minimum Gasteiger partial charge on any atom is -0.456 e. The third-order valence-electron chi connectivity index (χ3n) is 11.6. The summed E-state index contributed by atoms with van der Waals surface area (Å²) >= 11 is 0. The lowest BCUT2D eigenvalue weighted by Gasteiger charge is -2.61. The van der Waals surface area contributed by atoms with Crippen molar-refractivity contribution >= 4 is 12.3 Å². The molecule has 0 unspecified atom stereocenters. The molecule has 0 aromatic rings. The average Bonchev–Trinajstić information content (AvgIpc) is 2.93. The number of aliphatic hydroxyl groups excluding tert-OH is 1. The number of hydrogen-bond donors (Lipinski definition) is 1. The van der Waals surface area contributed by atoms with Gasteiger partial charge in [0.05, 0.1) is 60.0 Å². The fourth-order valence-electron chi connectivity index (χ4n) is 8.72. The van der Waals surface area contributed by atoms with Crippen molar-refractivity contribution in [3.63, 3.8) is 0 Å². The van der Waals surface area contributed by atoms with Crippen LogP contribution in [0.5, 0.6) is 0 Å². The summed E-state index contributed by atoms with van der Waals surface area (Å²) in [4.78, 5) is 23.4. The maximum absolute atomic E-state index is 12.2. The highest BCUT2D eigenvalue weighted by Crippen LogP contribution is 2.53. The van der Waals surface area contributed by atoms with E-state index in [9.17, 15) is 14.7 Å². The zero-order chi connectivity index (χ0) is 31.2. The Morgan fingerprint density at radius 1 is 0.955 bits per heavy atom. The lowest BCUT2D eigenvalue weighted by molar-refractivity contribution is -0.350. The Kier molecular flexibility index (Phi) is 7.37. The number of aliphatic hydroxyl groups is 1. The number of carbonyl (C=O) groups excluding carboxylic acids is 2. The van der Waals surface area contributed by atoms with E-state index in [1.807, 2.05) is 20.8 Å². The second-order valence-electron chi connectivity index (χ2n) is 14.9. The van der Waals surface area contributed by atoms with E-state index in [1.54, 1.807) is 0 Å². The summed E-state index contributed by atoms with van der Waals surface area (Å²) in [7, 11) is 0. The molecule has 0 aromatic heterocycles. The van der Waals surface area contributed by atoms with E-state index in [0.717, 1.165) is 11.9 Å². The Morgan fingerprint density at radius 3 is 2.52 bits per heavy atom. The largest absolute Gasteiger partial charge is 0.456 e. The van der Waals surface area contributed by atoms with Gasteiger partial charge in [-0.2, -0.15) is 0 Å². The molecule has 0 saturated carbocycles. The first-order valence-electron chi connectivity index (χ1n) is 16.1. The van der Waals surface area contributed by atoms with Crippen LogP contribution in [0.25, 0.3) is 0 Å².